The molecule has 7 heteroatoms. The average molecular weight is 318 g/mol. The second kappa shape index (κ2) is 5.32. The second-order valence-electron chi connectivity index (χ2n) is 4.97. The van der Waals surface area contributed by atoms with E-state index in [4.69, 9.17) is 4.74 Å². The Morgan fingerprint density at radius 1 is 1.33 bits per heavy atom. The molecule has 0 radical (unpaired) electrons. The zero-order valence-electron chi connectivity index (χ0n) is 11.5. The van der Waals surface area contributed by atoms with Crippen LogP contribution in [0.2, 0.25) is 0 Å². The Morgan fingerprint density at radius 2 is 2.29 bits per heavy atom. The van der Waals surface area contributed by atoms with Gasteiger partial charge >= 0.3 is 0 Å². The van der Waals surface area contributed by atoms with Crippen LogP contribution in [0.15, 0.2) is 23.2 Å². The van der Waals surface area contributed by atoms with Gasteiger partial charge in [-0.15, -0.1) is 22.7 Å². The lowest BCUT2D eigenvalue weighted by atomic mass is 10.2. The summed E-state index contributed by atoms with van der Waals surface area (Å²) in [6.07, 6.45) is 1.67. The van der Waals surface area contributed by atoms with E-state index >= 15 is 0 Å². The Morgan fingerprint density at radius 3 is 3.14 bits per heavy atom. The molecular formula is C14H14N4OS2. The number of ether oxygens (including phenoxy) is 1. The molecule has 0 N–H and O–H groups in total. The van der Waals surface area contributed by atoms with Crippen molar-refractivity contribution >= 4 is 38.7 Å². The molecule has 1 aliphatic heterocycles. The highest BCUT2D eigenvalue weighted by molar-refractivity contribution is 7.16. The number of hydrogen-bond donors (Lipinski definition) is 0. The number of nitrogens with zero attached hydrogens (tertiary/aromatic N) is 4. The van der Waals surface area contributed by atoms with Gasteiger partial charge in [-0.3, -0.25) is 0 Å². The van der Waals surface area contributed by atoms with Gasteiger partial charge in [0.1, 0.15) is 28.1 Å². The van der Waals surface area contributed by atoms with Crippen LogP contribution >= 0.6 is 22.7 Å². The lowest BCUT2D eigenvalue weighted by molar-refractivity contribution is 0.0394. The van der Waals surface area contributed by atoms with Crippen molar-refractivity contribution in [2.45, 2.75) is 13.0 Å². The smallest absolute Gasteiger partial charge is 0.140 e. The molecule has 3 aromatic rings. The van der Waals surface area contributed by atoms with Crippen molar-refractivity contribution in [3.63, 3.8) is 0 Å². The number of thiazole rings is 1. The summed E-state index contributed by atoms with van der Waals surface area (Å²) in [5.41, 5.74) is 1.05. The SMILES string of the molecule is Cc1csc([C@H]2CN(c3ncnc4sccc34)CCO2)n1. The largest absolute Gasteiger partial charge is 0.367 e. The van der Waals surface area contributed by atoms with E-state index in [-0.39, 0.29) is 6.10 Å². The van der Waals surface area contributed by atoms with E-state index in [1.165, 1.54) is 0 Å². The van der Waals surface area contributed by atoms with Gasteiger partial charge in [-0.25, -0.2) is 15.0 Å². The third-order valence-electron chi connectivity index (χ3n) is 3.52. The van der Waals surface area contributed by atoms with Crippen LogP contribution < -0.4 is 4.90 Å². The molecular weight excluding hydrogens is 304 g/mol. The quantitative estimate of drug-likeness (QED) is 0.727. The summed E-state index contributed by atoms with van der Waals surface area (Å²) in [6.45, 7) is 4.34. The molecule has 4 heterocycles. The second-order valence-corrected chi connectivity index (χ2v) is 6.75. The van der Waals surface area contributed by atoms with Gasteiger partial charge in [-0.2, -0.15) is 0 Å². The van der Waals surface area contributed by atoms with Gasteiger partial charge in [-0.1, -0.05) is 0 Å². The molecule has 3 aromatic heterocycles. The Bertz CT molecular complexity index is 769. The number of rotatable bonds is 2. The predicted molar refractivity (Wildman–Crippen MR) is 85.2 cm³/mol. The zero-order valence-corrected chi connectivity index (χ0v) is 13.2. The van der Waals surface area contributed by atoms with Crippen LogP contribution in [0.4, 0.5) is 5.82 Å². The van der Waals surface area contributed by atoms with Gasteiger partial charge in [0.2, 0.25) is 0 Å². The molecule has 1 saturated heterocycles. The Kier molecular flexibility index (Phi) is 3.33. The van der Waals surface area contributed by atoms with Crippen LogP contribution in [-0.4, -0.2) is 34.6 Å². The van der Waals surface area contributed by atoms with Crippen molar-refractivity contribution in [3.05, 3.63) is 33.9 Å². The van der Waals surface area contributed by atoms with E-state index in [9.17, 15) is 0 Å². The normalized spacial score (nSPS) is 19.3. The Labute approximate surface area is 130 Å². The summed E-state index contributed by atoms with van der Waals surface area (Å²) >= 11 is 3.31. The van der Waals surface area contributed by atoms with Crippen LogP contribution in [0.25, 0.3) is 10.2 Å². The summed E-state index contributed by atoms with van der Waals surface area (Å²) in [5.74, 6) is 1.00. The zero-order chi connectivity index (χ0) is 14.2. The summed E-state index contributed by atoms with van der Waals surface area (Å²) < 4.78 is 5.89. The van der Waals surface area contributed by atoms with Crippen molar-refractivity contribution in [2.75, 3.05) is 24.6 Å². The molecule has 1 aliphatic rings. The first-order valence-corrected chi connectivity index (χ1v) is 8.54. The average Bonchev–Trinajstić information content (AvgIpc) is 3.15. The lowest BCUT2D eigenvalue weighted by Gasteiger charge is -2.33. The van der Waals surface area contributed by atoms with Gasteiger partial charge in [0.25, 0.3) is 0 Å². The molecule has 0 unspecified atom stereocenters. The highest BCUT2D eigenvalue weighted by atomic mass is 32.1. The maximum Gasteiger partial charge on any atom is 0.140 e. The molecule has 1 atom stereocenters. The number of hydrogen-bond acceptors (Lipinski definition) is 7. The van der Waals surface area contributed by atoms with Gasteiger partial charge in [-0.05, 0) is 18.4 Å². The minimum atomic E-state index is 0.0288. The van der Waals surface area contributed by atoms with E-state index in [1.807, 2.05) is 6.92 Å². The Balaban J connectivity index is 1.65. The monoisotopic (exact) mass is 318 g/mol. The van der Waals surface area contributed by atoms with Crippen LogP contribution in [0, 0.1) is 6.92 Å². The molecule has 5 nitrogen and oxygen atoms in total. The Hall–Kier alpha value is -1.57. The van der Waals surface area contributed by atoms with Crippen LogP contribution in [0.1, 0.15) is 16.8 Å². The number of anilines is 1. The van der Waals surface area contributed by atoms with E-state index in [1.54, 1.807) is 29.0 Å². The van der Waals surface area contributed by atoms with Crippen molar-refractivity contribution < 1.29 is 4.74 Å². The van der Waals surface area contributed by atoms with E-state index in [2.05, 4.69) is 36.7 Å². The third kappa shape index (κ3) is 2.41. The number of morpholine rings is 1. The van der Waals surface area contributed by atoms with Crippen LogP contribution in [0.5, 0.6) is 0 Å². The molecule has 4 rings (SSSR count). The first-order chi connectivity index (χ1) is 10.3. The summed E-state index contributed by atoms with van der Waals surface area (Å²) in [6, 6.07) is 2.09. The summed E-state index contributed by atoms with van der Waals surface area (Å²) in [4.78, 5) is 16.7. The maximum absolute atomic E-state index is 5.89. The van der Waals surface area contributed by atoms with E-state index in [0.717, 1.165) is 39.8 Å². The van der Waals surface area contributed by atoms with E-state index in [0.29, 0.717) is 6.61 Å². The van der Waals surface area contributed by atoms with Gasteiger partial charge in [0.15, 0.2) is 0 Å². The fraction of sp³-hybridized carbons (Fsp3) is 0.357. The van der Waals surface area contributed by atoms with Crippen molar-refractivity contribution in [2.24, 2.45) is 0 Å². The summed E-state index contributed by atoms with van der Waals surface area (Å²) in [7, 11) is 0. The molecule has 1 fully saturated rings. The van der Waals surface area contributed by atoms with Gasteiger partial charge < -0.3 is 9.64 Å². The molecule has 0 amide bonds. The summed E-state index contributed by atoms with van der Waals surface area (Å²) in [5, 5.41) is 6.30. The van der Waals surface area contributed by atoms with E-state index < -0.39 is 0 Å². The van der Waals surface area contributed by atoms with Gasteiger partial charge in [0, 0.05) is 17.6 Å². The number of aromatic nitrogens is 3. The number of aryl methyl sites for hydroxylation is 1. The lowest BCUT2D eigenvalue weighted by Crippen LogP contribution is -2.39. The standard InChI is InChI=1S/C14H14N4OS2/c1-9-7-21-14(17-9)11-6-18(3-4-19-11)12-10-2-5-20-13(10)16-8-15-12/h2,5,7-8,11H,3-4,6H2,1H3/t11-/m1/s1. The first kappa shape index (κ1) is 13.1. The van der Waals surface area contributed by atoms with Crippen LogP contribution in [0.3, 0.4) is 0 Å². The number of fused-ring (bicyclic) bond motifs is 1. The molecule has 0 aliphatic carbocycles. The fourth-order valence-corrected chi connectivity index (χ4v) is 4.10. The predicted octanol–water partition coefficient (Wildman–Crippen LogP) is 3.03. The third-order valence-corrected chi connectivity index (χ3v) is 5.39. The maximum atomic E-state index is 5.89. The molecule has 0 saturated carbocycles. The van der Waals surface area contributed by atoms with Crippen LogP contribution in [-0.2, 0) is 4.74 Å². The van der Waals surface area contributed by atoms with Crippen molar-refractivity contribution in [3.8, 4) is 0 Å². The van der Waals surface area contributed by atoms with Gasteiger partial charge in [0.05, 0.1) is 18.5 Å². The van der Waals surface area contributed by atoms with Crippen molar-refractivity contribution in [1.29, 1.82) is 0 Å². The minimum absolute atomic E-state index is 0.0288. The van der Waals surface area contributed by atoms with Crippen molar-refractivity contribution in [1.82, 2.24) is 15.0 Å². The number of thiophene rings is 1. The molecule has 108 valence electrons. The first-order valence-electron chi connectivity index (χ1n) is 6.78. The minimum Gasteiger partial charge on any atom is -0.367 e. The molecule has 0 bridgehead atoms. The fourth-order valence-electron chi connectivity index (χ4n) is 2.54. The highest BCUT2D eigenvalue weighted by Gasteiger charge is 2.26. The highest BCUT2D eigenvalue weighted by Crippen LogP contribution is 2.31. The molecule has 0 aromatic carbocycles. The molecule has 21 heavy (non-hydrogen) atoms. The topological polar surface area (TPSA) is 51.1 Å². The molecule has 0 spiro atoms.